The molecule has 7 heteroatoms. The summed E-state index contributed by atoms with van der Waals surface area (Å²) in [4.78, 5) is 16.2. The lowest BCUT2D eigenvalue weighted by Crippen LogP contribution is -2.16. The molecule has 0 aliphatic carbocycles. The van der Waals surface area contributed by atoms with Crippen molar-refractivity contribution >= 4 is 27.4 Å². The maximum Gasteiger partial charge on any atom is 0.199 e. The Bertz CT molecular complexity index is 1360. The molecule has 5 aromatic rings. The molecule has 0 saturated carbocycles. The van der Waals surface area contributed by atoms with Gasteiger partial charge in [0.15, 0.2) is 11.6 Å². The first-order chi connectivity index (χ1) is 15.6. The predicted octanol–water partition coefficient (Wildman–Crippen LogP) is 5.22. The van der Waals surface area contributed by atoms with Gasteiger partial charge in [-0.3, -0.25) is 0 Å². The van der Waals surface area contributed by atoms with Crippen molar-refractivity contribution in [3.05, 3.63) is 73.1 Å². The van der Waals surface area contributed by atoms with Crippen LogP contribution >= 0.6 is 11.3 Å². The van der Waals surface area contributed by atoms with Crippen molar-refractivity contribution in [2.24, 2.45) is 7.05 Å². The number of aromatic nitrogens is 4. The number of hydrogen-bond acceptors (Lipinski definition) is 6. The average molecular weight is 442 g/mol. The third-order valence-corrected chi connectivity index (χ3v) is 6.37. The second-order valence-electron chi connectivity index (χ2n) is 7.71. The molecule has 0 amide bonds. The van der Waals surface area contributed by atoms with E-state index in [0.29, 0.717) is 24.0 Å². The van der Waals surface area contributed by atoms with E-state index in [4.69, 9.17) is 9.97 Å². The summed E-state index contributed by atoms with van der Waals surface area (Å²) in [5, 5.41) is 14.2. The maximum absolute atomic E-state index is 9.93. The molecule has 3 heterocycles. The van der Waals surface area contributed by atoms with Gasteiger partial charge in [-0.25, -0.2) is 15.0 Å². The van der Waals surface area contributed by atoms with Crippen LogP contribution in [-0.4, -0.2) is 37.3 Å². The minimum absolute atomic E-state index is 0.386. The Labute approximate surface area is 190 Å². The molecule has 0 radical (unpaired) electrons. The number of rotatable bonds is 6. The molecule has 2 N–H and O–H groups in total. The Morgan fingerprint density at radius 2 is 1.69 bits per heavy atom. The van der Waals surface area contributed by atoms with Crippen LogP contribution in [0, 0.1) is 0 Å². The lowest BCUT2D eigenvalue weighted by atomic mass is 9.99. The molecule has 0 saturated heterocycles. The second kappa shape index (κ2) is 8.53. The Morgan fingerprint density at radius 1 is 1.00 bits per heavy atom. The fraction of sp³-hybridized carbons (Fsp3) is 0.160. The summed E-state index contributed by atoms with van der Waals surface area (Å²) in [7, 11) is 1.93. The molecule has 2 aromatic carbocycles. The Kier molecular flexibility index (Phi) is 5.43. The van der Waals surface area contributed by atoms with Crippen molar-refractivity contribution in [2.45, 2.75) is 13.0 Å². The van der Waals surface area contributed by atoms with Gasteiger partial charge in [0.1, 0.15) is 10.6 Å². The molecule has 5 rings (SSSR count). The van der Waals surface area contributed by atoms with Gasteiger partial charge in [0.25, 0.3) is 0 Å². The molecule has 0 bridgehead atoms. The molecule has 0 fully saturated rings. The smallest absolute Gasteiger partial charge is 0.199 e. The molecule has 32 heavy (non-hydrogen) atoms. The number of benzene rings is 2. The first-order valence-corrected chi connectivity index (χ1v) is 11.3. The standard InChI is InChI=1S/C25H23N5OS/c1-16(31)15-27-22-20-19(17-9-5-3-6-10-17)21(18-11-7-4-8-12-18)32-25(20)29-23(28-22)24-26-13-14-30(24)2/h3-14,16,31H,15H2,1-2H3,(H,27,28,29). The minimum atomic E-state index is -0.510. The van der Waals surface area contributed by atoms with Crippen LogP contribution in [0.2, 0.25) is 0 Å². The highest BCUT2D eigenvalue weighted by atomic mass is 32.1. The van der Waals surface area contributed by atoms with E-state index < -0.39 is 6.10 Å². The predicted molar refractivity (Wildman–Crippen MR) is 131 cm³/mol. The number of fused-ring (bicyclic) bond motifs is 1. The first kappa shape index (κ1) is 20.4. The molecule has 6 nitrogen and oxygen atoms in total. The van der Waals surface area contributed by atoms with E-state index in [-0.39, 0.29) is 0 Å². The molecule has 1 unspecified atom stereocenters. The topological polar surface area (TPSA) is 75.9 Å². The molecule has 160 valence electrons. The molecule has 0 aliphatic rings. The van der Waals surface area contributed by atoms with Gasteiger partial charge in [-0.1, -0.05) is 60.7 Å². The van der Waals surface area contributed by atoms with E-state index in [1.54, 1.807) is 24.5 Å². The van der Waals surface area contributed by atoms with Crippen LogP contribution in [0.4, 0.5) is 5.82 Å². The number of aliphatic hydroxyl groups is 1. The van der Waals surface area contributed by atoms with Crippen molar-refractivity contribution in [1.29, 1.82) is 0 Å². The lowest BCUT2D eigenvalue weighted by Gasteiger charge is -2.12. The zero-order valence-electron chi connectivity index (χ0n) is 17.9. The van der Waals surface area contributed by atoms with E-state index in [9.17, 15) is 5.11 Å². The van der Waals surface area contributed by atoms with Crippen molar-refractivity contribution in [1.82, 2.24) is 19.5 Å². The van der Waals surface area contributed by atoms with Crippen LogP contribution in [0.25, 0.3) is 43.4 Å². The Morgan fingerprint density at radius 3 is 2.31 bits per heavy atom. The molecule has 0 aliphatic heterocycles. The van der Waals surface area contributed by atoms with Crippen LogP contribution in [0.1, 0.15) is 6.92 Å². The van der Waals surface area contributed by atoms with E-state index >= 15 is 0 Å². The molecular weight excluding hydrogens is 418 g/mol. The number of hydrogen-bond donors (Lipinski definition) is 2. The third kappa shape index (κ3) is 3.77. The second-order valence-corrected chi connectivity index (χ2v) is 8.70. The highest BCUT2D eigenvalue weighted by molar-refractivity contribution is 7.22. The third-order valence-electron chi connectivity index (χ3n) is 5.24. The number of thiophene rings is 1. The van der Waals surface area contributed by atoms with Crippen LogP contribution < -0.4 is 5.32 Å². The Balaban J connectivity index is 1.82. The SMILES string of the molecule is CC(O)CNc1nc(-c2nccn2C)nc2sc(-c3ccccc3)c(-c3ccccc3)c12. The van der Waals surface area contributed by atoms with Gasteiger partial charge < -0.3 is 15.0 Å². The molecule has 0 spiro atoms. The minimum Gasteiger partial charge on any atom is -0.392 e. The maximum atomic E-state index is 9.93. The van der Waals surface area contributed by atoms with Crippen LogP contribution in [0.5, 0.6) is 0 Å². The summed E-state index contributed by atoms with van der Waals surface area (Å²) in [6.45, 7) is 2.14. The van der Waals surface area contributed by atoms with Gasteiger partial charge in [-0.05, 0) is 18.1 Å². The van der Waals surface area contributed by atoms with Crippen molar-refractivity contribution in [2.75, 3.05) is 11.9 Å². The largest absolute Gasteiger partial charge is 0.392 e. The highest BCUT2D eigenvalue weighted by Crippen LogP contribution is 2.46. The fourth-order valence-electron chi connectivity index (χ4n) is 3.73. The molecule has 1 atom stereocenters. The van der Waals surface area contributed by atoms with E-state index in [1.165, 1.54) is 0 Å². The summed E-state index contributed by atoms with van der Waals surface area (Å²) < 4.78 is 1.91. The van der Waals surface area contributed by atoms with Gasteiger partial charge in [0.2, 0.25) is 0 Å². The summed E-state index contributed by atoms with van der Waals surface area (Å²) in [6, 6.07) is 20.7. The number of anilines is 1. The number of nitrogens with zero attached hydrogens (tertiary/aromatic N) is 4. The van der Waals surface area contributed by atoms with Crippen LogP contribution in [-0.2, 0) is 7.05 Å². The van der Waals surface area contributed by atoms with Crippen molar-refractivity contribution < 1.29 is 5.11 Å². The van der Waals surface area contributed by atoms with Crippen LogP contribution in [0.15, 0.2) is 73.1 Å². The van der Waals surface area contributed by atoms with E-state index in [1.807, 2.05) is 54.2 Å². The van der Waals surface area contributed by atoms with Gasteiger partial charge >= 0.3 is 0 Å². The van der Waals surface area contributed by atoms with Gasteiger partial charge in [-0.2, -0.15) is 0 Å². The quantitative estimate of drug-likeness (QED) is 0.378. The molecular formula is C25H23N5OS. The molecule has 3 aromatic heterocycles. The highest BCUT2D eigenvalue weighted by Gasteiger charge is 2.22. The summed E-state index contributed by atoms with van der Waals surface area (Å²) in [5.41, 5.74) is 3.33. The van der Waals surface area contributed by atoms with E-state index in [0.717, 1.165) is 31.8 Å². The first-order valence-electron chi connectivity index (χ1n) is 10.5. The monoisotopic (exact) mass is 441 g/mol. The van der Waals surface area contributed by atoms with Crippen LogP contribution in [0.3, 0.4) is 0 Å². The summed E-state index contributed by atoms with van der Waals surface area (Å²) in [6.07, 6.45) is 3.11. The average Bonchev–Trinajstić information content (AvgIpc) is 3.42. The van der Waals surface area contributed by atoms with Crippen molar-refractivity contribution in [3.8, 4) is 33.2 Å². The normalized spacial score (nSPS) is 12.2. The number of aryl methyl sites for hydroxylation is 1. The zero-order chi connectivity index (χ0) is 22.1. The number of nitrogens with one attached hydrogen (secondary N) is 1. The van der Waals surface area contributed by atoms with Gasteiger partial charge in [0.05, 0.1) is 11.5 Å². The fourth-order valence-corrected chi connectivity index (χ4v) is 4.93. The van der Waals surface area contributed by atoms with E-state index in [2.05, 4.69) is 34.6 Å². The number of aliphatic hydroxyl groups excluding tert-OH is 1. The summed E-state index contributed by atoms with van der Waals surface area (Å²) in [5.74, 6) is 1.95. The Hall–Kier alpha value is -3.55. The number of imidazole rings is 1. The summed E-state index contributed by atoms with van der Waals surface area (Å²) >= 11 is 1.65. The van der Waals surface area contributed by atoms with Crippen molar-refractivity contribution in [3.63, 3.8) is 0 Å². The zero-order valence-corrected chi connectivity index (χ0v) is 18.7. The van der Waals surface area contributed by atoms with Gasteiger partial charge in [0, 0.05) is 36.4 Å². The van der Waals surface area contributed by atoms with Gasteiger partial charge in [-0.15, -0.1) is 11.3 Å². The lowest BCUT2D eigenvalue weighted by molar-refractivity contribution is 0.208.